The summed E-state index contributed by atoms with van der Waals surface area (Å²) >= 11 is 0. The molecule has 0 radical (unpaired) electrons. The molecular weight excluding hydrogens is 262 g/mol. The minimum absolute atomic E-state index is 0.0703. The molecule has 2 N–H and O–H groups in total. The number of aliphatic hydroxyl groups is 1. The van der Waals surface area contributed by atoms with Crippen LogP contribution in [0.25, 0.3) is 0 Å². The third-order valence-corrected chi connectivity index (χ3v) is 4.16. The molecule has 1 saturated carbocycles. The molecule has 0 bridgehead atoms. The van der Waals surface area contributed by atoms with Gasteiger partial charge in [-0.15, -0.1) is 0 Å². The van der Waals surface area contributed by atoms with Crippen molar-refractivity contribution in [1.29, 1.82) is 0 Å². The molecular formula is C18H29NO2. The zero-order chi connectivity index (χ0) is 15.1. The summed E-state index contributed by atoms with van der Waals surface area (Å²) in [5.41, 5.74) is 1.28. The predicted molar refractivity (Wildman–Crippen MR) is 86.4 cm³/mol. The Morgan fingerprint density at radius 3 is 2.62 bits per heavy atom. The third kappa shape index (κ3) is 6.06. The number of hydrogen-bond acceptors (Lipinski definition) is 3. The normalized spacial score (nSPS) is 21.9. The summed E-state index contributed by atoms with van der Waals surface area (Å²) in [6.45, 7) is 7.10. The SMILES string of the molecule is CC(C)CCOc1ccc(CNCC2CCC(O)C2)cc1. The molecule has 1 fully saturated rings. The van der Waals surface area contributed by atoms with Crippen molar-refractivity contribution >= 4 is 0 Å². The van der Waals surface area contributed by atoms with Crippen molar-refractivity contribution in [3.63, 3.8) is 0 Å². The first kappa shape index (κ1) is 16.3. The maximum absolute atomic E-state index is 9.51. The Morgan fingerprint density at radius 2 is 2.00 bits per heavy atom. The summed E-state index contributed by atoms with van der Waals surface area (Å²) in [7, 11) is 0. The van der Waals surface area contributed by atoms with Gasteiger partial charge in [-0.25, -0.2) is 0 Å². The molecule has 0 heterocycles. The maximum atomic E-state index is 9.51. The minimum atomic E-state index is -0.0703. The lowest BCUT2D eigenvalue weighted by Gasteiger charge is -2.12. The van der Waals surface area contributed by atoms with Gasteiger partial charge in [-0.2, -0.15) is 0 Å². The van der Waals surface area contributed by atoms with Gasteiger partial charge >= 0.3 is 0 Å². The van der Waals surface area contributed by atoms with Gasteiger partial charge in [0.2, 0.25) is 0 Å². The highest BCUT2D eigenvalue weighted by Crippen LogP contribution is 2.24. The molecule has 2 rings (SSSR count). The number of ether oxygens (including phenoxy) is 1. The molecule has 0 aromatic heterocycles. The number of benzene rings is 1. The van der Waals surface area contributed by atoms with Crippen LogP contribution in [0.4, 0.5) is 0 Å². The van der Waals surface area contributed by atoms with Gasteiger partial charge in [0.05, 0.1) is 12.7 Å². The first-order valence-corrected chi connectivity index (χ1v) is 8.24. The van der Waals surface area contributed by atoms with E-state index in [0.29, 0.717) is 11.8 Å². The molecule has 118 valence electrons. The fourth-order valence-electron chi connectivity index (χ4n) is 2.77. The van der Waals surface area contributed by atoms with Crippen molar-refractivity contribution in [1.82, 2.24) is 5.32 Å². The minimum Gasteiger partial charge on any atom is -0.494 e. The van der Waals surface area contributed by atoms with E-state index in [-0.39, 0.29) is 6.10 Å². The molecule has 2 unspecified atom stereocenters. The van der Waals surface area contributed by atoms with Gasteiger partial charge in [-0.3, -0.25) is 0 Å². The summed E-state index contributed by atoms with van der Waals surface area (Å²) < 4.78 is 5.72. The van der Waals surface area contributed by atoms with E-state index in [0.717, 1.165) is 51.1 Å². The van der Waals surface area contributed by atoms with Gasteiger partial charge in [0.1, 0.15) is 5.75 Å². The molecule has 0 aliphatic heterocycles. The lowest BCUT2D eigenvalue weighted by atomic mass is 10.1. The summed E-state index contributed by atoms with van der Waals surface area (Å²) in [6.07, 6.45) is 4.09. The van der Waals surface area contributed by atoms with Gasteiger partial charge in [0, 0.05) is 6.54 Å². The Hall–Kier alpha value is -1.06. The lowest BCUT2D eigenvalue weighted by Crippen LogP contribution is -2.21. The molecule has 0 saturated heterocycles. The topological polar surface area (TPSA) is 41.5 Å². The highest BCUT2D eigenvalue weighted by molar-refractivity contribution is 5.27. The molecule has 1 aromatic rings. The second-order valence-electron chi connectivity index (χ2n) is 6.64. The summed E-state index contributed by atoms with van der Waals surface area (Å²) in [5.74, 6) is 2.28. The molecule has 0 amide bonds. The van der Waals surface area contributed by atoms with Crippen LogP contribution >= 0.6 is 0 Å². The molecule has 1 aromatic carbocycles. The second kappa shape index (κ2) is 8.40. The van der Waals surface area contributed by atoms with Crippen LogP contribution in [0.2, 0.25) is 0 Å². The Bertz CT molecular complexity index is 402. The Kier molecular flexibility index (Phi) is 6.52. The molecule has 1 aliphatic rings. The van der Waals surface area contributed by atoms with E-state index in [1.165, 1.54) is 5.56 Å². The van der Waals surface area contributed by atoms with E-state index in [9.17, 15) is 5.11 Å². The quantitative estimate of drug-likeness (QED) is 0.771. The lowest BCUT2D eigenvalue weighted by molar-refractivity contribution is 0.177. The zero-order valence-electron chi connectivity index (χ0n) is 13.3. The van der Waals surface area contributed by atoms with Crippen molar-refractivity contribution < 1.29 is 9.84 Å². The van der Waals surface area contributed by atoms with Crippen LogP contribution in [-0.4, -0.2) is 24.4 Å². The van der Waals surface area contributed by atoms with E-state index in [1.54, 1.807) is 0 Å². The van der Waals surface area contributed by atoms with Crippen LogP contribution in [-0.2, 0) is 6.54 Å². The smallest absolute Gasteiger partial charge is 0.119 e. The van der Waals surface area contributed by atoms with Crippen molar-refractivity contribution in [2.45, 2.75) is 52.2 Å². The average molecular weight is 291 g/mol. The molecule has 3 nitrogen and oxygen atoms in total. The fourth-order valence-corrected chi connectivity index (χ4v) is 2.77. The first-order chi connectivity index (χ1) is 10.1. The predicted octanol–water partition coefficient (Wildman–Crippen LogP) is 3.36. The van der Waals surface area contributed by atoms with E-state index >= 15 is 0 Å². The van der Waals surface area contributed by atoms with E-state index < -0.39 is 0 Å². The molecule has 0 spiro atoms. The monoisotopic (exact) mass is 291 g/mol. The highest BCUT2D eigenvalue weighted by Gasteiger charge is 2.21. The standard InChI is InChI=1S/C18H29NO2/c1-14(2)9-10-21-18-7-4-15(5-8-18)12-19-13-16-3-6-17(20)11-16/h4-5,7-8,14,16-17,19-20H,3,6,9-13H2,1-2H3. The number of rotatable bonds is 8. The van der Waals surface area contributed by atoms with Crippen molar-refractivity contribution in [3.05, 3.63) is 29.8 Å². The molecule has 3 heteroatoms. The largest absolute Gasteiger partial charge is 0.494 e. The maximum Gasteiger partial charge on any atom is 0.119 e. The van der Waals surface area contributed by atoms with Crippen molar-refractivity contribution in [3.8, 4) is 5.75 Å². The van der Waals surface area contributed by atoms with Gasteiger partial charge in [-0.05, 0) is 61.8 Å². The Balaban J connectivity index is 1.65. The third-order valence-electron chi connectivity index (χ3n) is 4.16. The Morgan fingerprint density at radius 1 is 1.24 bits per heavy atom. The van der Waals surface area contributed by atoms with Gasteiger partial charge < -0.3 is 15.2 Å². The number of hydrogen-bond donors (Lipinski definition) is 2. The van der Waals surface area contributed by atoms with E-state index in [4.69, 9.17) is 4.74 Å². The highest BCUT2D eigenvalue weighted by atomic mass is 16.5. The van der Waals surface area contributed by atoms with Crippen LogP contribution in [0.5, 0.6) is 5.75 Å². The van der Waals surface area contributed by atoms with E-state index in [2.05, 4.69) is 43.4 Å². The van der Waals surface area contributed by atoms with Crippen LogP contribution in [0.15, 0.2) is 24.3 Å². The fraction of sp³-hybridized carbons (Fsp3) is 0.667. The number of nitrogens with one attached hydrogen (secondary N) is 1. The summed E-state index contributed by atoms with van der Waals surface area (Å²) in [4.78, 5) is 0. The van der Waals surface area contributed by atoms with Crippen LogP contribution in [0.1, 0.15) is 45.1 Å². The average Bonchev–Trinajstić information content (AvgIpc) is 2.86. The van der Waals surface area contributed by atoms with Gasteiger partial charge in [0.15, 0.2) is 0 Å². The van der Waals surface area contributed by atoms with Crippen LogP contribution in [0.3, 0.4) is 0 Å². The Labute approximate surface area is 128 Å². The molecule has 2 atom stereocenters. The number of aliphatic hydroxyl groups excluding tert-OH is 1. The first-order valence-electron chi connectivity index (χ1n) is 8.24. The van der Waals surface area contributed by atoms with Crippen molar-refractivity contribution in [2.24, 2.45) is 11.8 Å². The van der Waals surface area contributed by atoms with Crippen LogP contribution in [0, 0.1) is 11.8 Å². The molecule has 1 aliphatic carbocycles. The van der Waals surface area contributed by atoms with Gasteiger partial charge in [-0.1, -0.05) is 26.0 Å². The summed E-state index contributed by atoms with van der Waals surface area (Å²) in [6, 6.07) is 8.36. The molecule has 21 heavy (non-hydrogen) atoms. The summed E-state index contributed by atoms with van der Waals surface area (Å²) in [5, 5.41) is 13.0. The van der Waals surface area contributed by atoms with E-state index in [1.807, 2.05) is 0 Å². The zero-order valence-corrected chi connectivity index (χ0v) is 13.3. The van der Waals surface area contributed by atoms with Gasteiger partial charge in [0.25, 0.3) is 0 Å². The van der Waals surface area contributed by atoms with Crippen molar-refractivity contribution in [2.75, 3.05) is 13.2 Å². The van der Waals surface area contributed by atoms with Crippen LogP contribution < -0.4 is 10.1 Å². The second-order valence-corrected chi connectivity index (χ2v) is 6.64.